The summed E-state index contributed by atoms with van der Waals surface area (Å²) in [5, 5.41) is 7.91. The summed E-state index contributed by atoms with van der Waals surface area (Å²) in [4.78, 5) is 20.7. The minimum absolute atomic E-state index is 0.220. The monoisotopic (exact) mass is 488 g/mol. The quantitative estimate of drug-likeness (QED) is 0.312. The van der Waals surface area contributed by atoms with Gasteiger partial charge in [0.25, 0.3) is 5.89 Å². The van der Waals surface area contributed by atoms with E-state index in [1.165, 1.54) is 0 Å². The number of benzene rings is 3. The maximum Gasteiger partial charge on any atom is 0.326 e. The minimum Gasteiger partial charge on any atom is -0.334 e. The first-order chi connectivity index (χ1) is 16.5. The number of nitrogens with zero attached hydrogens (tertiary/aromatic N) is 3. The van der Waals surface area contributed by atoms with Gasteiger partial charge in [-0.25, -0.2) is 4.79 Å². The molecule has 6 nitrogen and oxygen atoms in total. The number of aromatic nitrogens is 2. The molecular formula is C26H21ClN4O2S. The normalized spacial score (nSPS) is 16.0. The van der Waals surface area contributed by atoms with E-state index in [1.54, 1.807) is 28.8 Å². The Morgan fingerprint density at radius 3 is 2.59 bits per heavy atom. The molecule has 8 heteroatoms. The predicted octanol–water partition coefficient (Wildman–Crippen LogP) is 6.81. The number of carbonyl (C=O) groups excluding carboxylic acids is 1. The Morgan fingerprint density at radius 2 is 1.82 bits per heavy atom. The molecule has 5 rings (SSSR count). The molecule has 0 radical (unpaired) electrons. The fourth-order valence-corrected chi connectivity index (χ4v) is 4.70. The first-order valence-electron chi connectivity index (χ1n) is 10.7. The number of allylic oxidation sites excluding steroid dienone is 1. The molecule has 0 spiro atoms. The topological polar surface area (TPSA) is 71.3 Å². The Hall–Kier alpha value is -3.55. The summed E-state index contributed by atoms with van der Waals surface area (Å²) in [6, 6.07) is 24.2. The second-order valence-electron chi connectivity index (χ2n) is 7.76. The van der Waals surface area contributed by atoms with Gasteiger partial charge in [-0.05, 0) is 49.1 Å². The van der Waals surface area contributed by atoms with Crippen molar-refractivity contribution in [3.63, 3.8) is 0 Å². The third-order valence-corrected chi connectivity index (χ3v) is 6.63. The molecule has 0 saturated carbocycles. The van der Waals surface area contributed by atoms with E-state index < -0.39 is 6.04 Å². The number of urea groups is 1. The molecule has 0 saturated heterocycles. The Morgan fingerprint density at radius 1 is 1.03 bits per heavy atom. The number of amides is 2. The second-order valence-corrected chi connectivity index (χ2v) is 9.08. The zero-order chi connectivity index (χ0) is 23.7. The standard InChI is InChI=1S/C26H21ClN4O2S/c1-16-22(25-29-24(30-33-25)18-10-6-11-19(27)14-18)23(17-8-4-3-5-9-17)28-26(32)31(16)20-12-7-13-21(15-20)34-2/h3-15,23H,1-2H3,(H,28,32). The maximum absolute atomic E-state index is 13.3. The Kier molecular flexibility index (Phi) is 6.13. The van der Waals surface area contributed by atoms with Crippen molar-refractivity contribution in [2.45, 2.75) is 17.9 Å². The number of anilines is 1. The third-order valence-electron chi connectivity index (χ3n) is 5.67. The number of hydrogen-bond acceptors (Lipinski definition) is 5. The van der Waals surface area contributed by atoms with Gasteiger partial charge in [-0.3, -0.25) is 4.90 Å². The summed E-state index contributed by atoms with van der Waals surface area (Å²) < 4.78 is 5.74. The van der Waals surface area contributed by atoms with E-state index in [0.29, 0.717) is 16.7 Å². The molecule has 2 amide bonds. The van der Waals surface area contributed by atoms with E-state index in [1.807, 2.05) is 79.9 Å². The SMILES string of the molecule is CSc1cccc(N2C(=O)NC(c3ccccc3)C(c3nc(-c4cccc(Cl)c4)no3)=C2C)c1. The highest BCUT2D eigenvalue weighted by molar-refractivity contribution is 7.98. The van der Waals surface area contributed by atoms with Crippen molar-refractivity contribution < 1.29 is 9.32 Å². The lowest BCUT2D eigenvalue weighted by Crippen LogP contribution is -2.46. The molecule has 2 heterocycles. The van der Waals surface area contributed by atoms with Crippen LogP contribution in [0.4, 0.5) is 10.5 Å². The van der Waals surface area contributed by atoms with Gasteiger partial charge in [-0.1, -0.05) is 65.3 Å². The van der Waals surface area contributed by atoms with Crippen molar-refractivity contribution in [3.05, 3.63) is 101 Å². The number of thioether (sulfide) groups is 1. The zero-order valence-electron chi connectivity index (χ0n) is 18.5. The van der Waals surface area contributed by atoms with Crippen LogP contribution in [-0.4, -0.2) is 22.4 Å². The summed E-state index contributed by atoms with van der Waals surface area (Å²) >= 11 is 7.77. The lowest BCUT2D eigenvalue weighted by Gasteiger charge is -2.35. The summed E-state index contributed by atoms with van der Waals surface area (Å²) in [7, 11) is 0. The van der Waals surface area contributed by atoms with Crippen molar-refractivity contribution in [2.75, 3.05) is 11.2 Å². The molecule has 0 bridgehead atoms. The van der Waals surface area contributed by atoms with Crippen LogP contribution in [0.3, 0.4) is 0 Å². The van der Waals surface area contributed by atoms with E-state index in [-0.39, 0.29) is 6.03 Å². The van der Waals surface area contributed by atoms with Gasteiger partial charge >= 0.3 is 6.03 Å². The van der Waals surface area contributed by atoms with Crippen LogP contribution in [0, 0.1) is 0 Å². The van der Waals surface area contributed by atoms with Crippen molar-refractivity contribution >= 4 is 40.7 Å². The predicted molar refractivity (Wildman–Crippen MR) is 136 cm³/mol. The molecule has 1 atom stereocenters. The lowest BCUT2D eigenvalue weighted by atomic mass is 9.94. The molecule has 0 aliphatic carbocycles. The van der Waals surface area contributed by atoms with E-state index in [0.717, 1.165) is 33.0 Å². The van der Waals surface area contributed by atoms with Gasteiger partial charge in [0.1, 0.15) is 0 Å². The van der Waals surface area contributed by atoms with Crippen molar-refractivity contribution in [2.24, 2.45) is 0 Å². The highest BCUT2D eigenvalue weighted by Crippen LogP contribution is 2.39. The average molecular weight is 489 g/mol. The van der Waals surface area contributed by atoms with Crippen LogP contribution >= 0.6 is 23.4 Å². The highest BCUT2D eigenvalue weighted by atomic mass is 35.5. The molecule has 1 aromatic heterocycles. The van der Waals surface area contributed by atoms with Crippen molar-refractivity contribution in [3.8, 4) is 11.4 Å². The number of hydrogen-bond donors (Lipinski definition) is 1. The fraction of sp³-hybridized carbons (Fsp3) is 0.115. The second kappa shape index (κ2) is 9.37. The Labute approximate surface area is 206 Å². The molecule has 1 aliphatic heterocycles. The van der Waals surface area contributed by atoms with Crippen molar-refractivity contribution in [1.82, 2.24) is 15.5 Å². The van der Waals surface area contributed by atoms with Gasteiger partial charge in [-0.15, -0.1) is 11.8 Å². The molecular weight excluding hydrogens is 468 g/mol. The number of nitrogens with one attached hydrogen (secondary N) is 1. The van der Waals surface area contributed by atoms with Crippen LogP contribution in [0.15, 0.2) is 94.0 Å². The van der Waals surface area contributed by atoms with Gasteiger partial charge < -0.3 is 9.84 Å². The first kappa shape index (κ1) is 22.3. The largest absolute Gasteiger partial charge is 0.334 e. The average Bonchev–Trinajstić information content (AvgIpc) is 3.34. The van der Waals surface area contributed by atoms with E-state index in [9.17, 15) is 4.79 Å². The fourth-order valence-electron chi connectivity index (χ4n) is 4.05. The van der Waals surface area contributed by atoms with E-state index in [4.69, 9.17) is 16.1 Å². The molecule has 3 aromatic carbocycles. The summed E-state index contributed by atoms with van der Waals surface area (Å²) in [5.74, 6) is 0.768. The van der Waals surface area contributed by atoms with Gasteiger partial charge in [0, 0.05) is 21.2 Å². The molecule has 1 aliphatic rings. The molecule has 1 unspecified atom stereocenters. The minimum atomic E-state index is -0.443. The number of halogens is 1. The van der Waals surface area contributed by atoms with E-state index >= 15 is 0 Å². The number of rotatable bonds is 5. The van der Waals surface area contributed by atoms with Crippen molar-refractivity contribution in [1.29, 1.82) is 0 Å². The van der Waals surface area contributed by atoms with Crippen LogP contribution in [-0.2, 0) is 0 Å². The Balaban J connectivity index is 1.66. The van der Waals surface area contributed by atoms with Gasteiger partial charge in [0.15, 0.2) is 0 Å². The summed E-state index contributed by atoms with van der Waals surface area (Å²) in [6.07, 6.45) is 2.00. The van der Waals surface area contributed by atoms with Crippen LogP contribution in [0.25, 0.3) is 17.0 Å². The molecule has 1 N–H and O–H groups in total. The third kappa shape index (κ3) is 4.20. The summed E-state index contributed by atoms with van der Waals surface area (Å²) in [6.45, 7) is 1.90. The van der Waals surface area contributed by atoms with Crippen LogP contribution in [0.1, 0.15) is 24.4 Å². The smallest absolute Gasteiger partial charge is 0.326 e. The molecule has 4 aromatic rings. The molecule has 34 heavy (non-hydrogen) atoms. The van der Waals surface area contributed by atoms with Gasteiger partial charge in [0.05, 0.1) is 17.3 Å². The highest BCUT2D eigenvalue weighted by Gasteiger charge is 2.36. The molecule has 0 fully saturated rings. The van der Waals surface area contributed by atoms with Crippen LogP contribution in [0.5, 0.6) is 0 Å². The first-order valence-corrected chi connectivity index (χ1v) is 12.3. The van der Waals surface area contributed by atoms with Crippen LogP contribution < -0.4 is 10.2 Å². The summed E-state index contributed by atoms with van der Waals surface area (Å²) in [5.41, 5.74) is 3.89. The molecule has 170 valence electrons. The Bertz CT molecular complexity index is 1390. The van der Waals surface area contributed by atoms with Gasteiger partial charge in [0.2, 0.25) is 5.82 Å². The number of carbonyl (C=O) groups is 1. The maximum atomic E-state index is 13.3. The van der Waals surface area contributed by atoms with Crippen LogP contribution in [0.2, 0.25) is 5.02 Å². The van der Waals surface area contributed by atoms with Gasteiger partial charge in [-0.2, -0.15) is 4.98 Å². The zero-order valence-corrected chi connectivity index (χ0v) is 20.1. The lowest BCUT2D eigenvalue weighted by molar-refractivity contribution is 0.244. The van der Waals surface area contributed by atoms with E-state index in [2.05, 4.69) is 15.5 Å².